The van der Waals surface area contributed by atoms with E-state index in [2.05, 4.69) is 11.9 Å². The smallest absolute Gasteiger partial charge is 0.345 e. The first-order valence-electron chi connectivity index (χ1n) is 5.05. The molecule has 1 unspecified atom stereocenters. The Kier molecular flexibility index (Phi) is 3.28. The second-order valence-corrected chi connectivity index (χ2v) is 4.53. The molecule has 0 radical (unpaired) electrons. The third kappa shape index (κ3) is 1.86. The molecule has 17 heavy (non-hydrogen) atoms. The van der Waals surface area contributed by atoms with Crippen molar-refractivity contribution in [1.29, 1.82) is 0 Å². The number of methoxy groups -OCH3 is 2. The minimum Gasteiger partial charge on any atom is -0.496 e. The molecular weight excluding hydrogens is 238 g/mol. The van der Waals surface area contributed by atoms with Crippen LogP contribution in [0.15, 0.2) is 46.7 Å². The molecule has 0 saturated carbocycles. The van der Waals surface area contributed by atoms with Gasteiger partial charge in [-0.1, -0.05) is 24.4 Å². The van der Waals surface area contributed by atoms with Crippen molar-refractivity contribution in [2.45, 2.75) is 5.37 Å². The lowest BCUT2D eigenvalue weighted by atomic mass is 10.0. The highest BCUT2D eigenvalue weighted by atomic mass is 32.2. The van der Waals surface area contributed by atoms with Crippen LogP contribution in [-0.2, 0) is 14.3 Å². The van der Waals surface area contributed by atoms with E-state index in [0.717, 1.165) is 16.9 Å². The van der Waals surface area contributed by atoms with Crippen molar-refractivity contribution >= 4 is 17.7 Å². The Morgan fingerprint density at radius 3 is 2.94 bits per heavy atom. The number of ether oxygens (including phenoxy) is 2. The Morgan fingerprint density at radius 2 is 2.35 bits per heavy atom. The van der Waals surface area contributed by atoms with Gasteiger partial charge in [0.15, 0.2) is 0 Å². The van der Waals surface area contributed by atoms with Crippen molar-refractivity contribution < 1.29 is 14.3 Å². The number of thioether (sulfide) groups is 1. The van der Waals surface area contributed by atoms with Crippen molar-refractivity contribution in [1.82, 2.24) is 5.32 Å². The zero-order valence-electron chi connectivity index (χ0n) is 9.65. The number of carbonyl (C=O) groups excluding carboxylic acids is 1. The summed E-state index contributed by atoms with van der Waals surface area (Å²) in [7, 11) is 2.98. The van der Waals surface area contributed by atoms with Gasteiger partial charge in [0, 0.05) is 17.3 Å². The van der Waals surface area contributed by atoms with Gasteiger partial charge in [-0.05, 0) is 6.08 Å². The molecule has 1 atom stereocenters. The molecular formula is C12H13NO3S. The second kappa shape index (κ2) is 4.71. The van der Waals surface area contributed by atoms with Gasteiger partial charge in [0.05, 0.1) is 14.2 Å². The summed E-state index contributed by atoms with van der Waals surface area (Å²) in [5.74, 6) is 0.402. The highest BCUT2D eigenvalue weighted by Gasteiger charge is 2.36. The monoisotopic (exact) mass is 251 g/mol. The minimum absolute atomic E-state index is 0.0166. The van der Waals surface area contributed by atoms with E-state index < -0.39 is 0 Å². The average molecular weight is 251 g/mol. The van der Waals surface area contributed by atoms with Crippen molar-refractivity contribution in [2.24, 2.45) is 0 Å². The third-order valence-electron chi connectivity index (χ3n) is 2.58. The van der Waals surface area contributed by atoms with Gasteiger partial charge in [0.1, 0.15) is 16.0 Å². The van der Waals surface area contributed by atoms with E-state index in [9.17, 15) is 4.79 Å². The fourth-order valence-corrected chi connectivity index (χ4v) is 3.06. The van der Waals surface area contributed by atoms with Gasteiger partial charge in [0.25, 0.3) is 0 Å². The van der Waals surface area contributed by atoms with E-state index in [4.69, 9.17) is 9.47 Å². The molecule has 1 N–H and O–H groups in total. The number of nitrogens with one attached hydrogen (secondary N) is 1. The van der Waals surface area contributed by atoms with Crippen molar-refractivity contribution in [3.8, 4) is 0 Å². The van der Waals surface area contributed by atoms with Crippen LogP contribution in [0.4, 0.5) is 0 Å². The highest BCUT2D eigenvalue weighted by molar-refractivity contribution is 8.05. The van der Waals surface area contributed by atoms with Crippen LogP contribution in [0, 0.1) is 0 Å². The lowest BCUT2D eigenvalue weighted by Gasteiger charge is -2.19. The molecule has 90 valence electrons. The summed E-state index contributed by atoms with van der Waals surface area (Å²) in [6.45, 7) is 3.75. The van der Waals surface area contributed by atoms with Crippen LogP contribution in [0.1, 0.15) is 0 Å². The molecule has 0 saturated heterocycles. The van der Waals surface area contributed by atoms with Crippen LogP contribution in [-0.4, -0.2) is 25.6 Å². The summed E-state index contributed by atoms with van der Waals surface area (Å²) < 4.78 is 10.1. The Balaban J connectivity index is 2.52. The van der Waals surface area contributed by atoms with Crippen molar-refractivity contribution in [3.05, 3.63) is 46.7 Å². The molecule has 2 heterocycles. The first-order chi connectivity index (χ1) is 8.22. The van der Waals surface area contributed by atoms with Crippen LogP contribution in [0.5, 0.6) is 0 Å². The molecule has 0 aromatic heterocycles. The number of allylic oxidation sites excluding steroid dienone is 2. The van der Waals surface area contributed by atoms with Gasteiger partial charge in [-0.2, -0.15) is 0 Å². The molecule has 0 bridgehead atoms. The summed E-state index contributed by atoms with van der Waals surface area (Å²) in [5, 5.41) is 3.15. The van der Waals surface area contributed by atoms with E-state index in [1.54, 1.807) is 19.4 Å². The molecule has 2 rings (SSSR count). The standard InChI is InChI=1S/C12H13NO3S/c1-4-7-9-8(15-2)5-6-13-11(9)17-10(7)12(14)16-3/h4-6,11,13H,1H2,2-3H3. The zero-order chi connectivity index (χ0) is 12.4. The summed E-state index contributed by atoms with van der Waals surface area (Å²) in [6.07, 6.45) is 5.30. The number of dihydropyridines is 1. The molecule has 0 amide bonds. The van der Waals surface area contributed by atoms with E-state index in [-0.39, 0.29) is 11.3 Å². The fraction of sp³-hybridized carbons (Fsp3) is 0.250. The molecule has 0 spiro atoms. The Hall–Kier alpha value is -1.62. The van der Waals surface area contributed by atoms with Crippen LogP contribution in [0.25, 0.3) is 0 Å². The Bertz CT molecular complexity index is 462. The maximum atomic E-state index is 11.7. The van der Waals surface area contributed by atoms with Gasteiger partial charge in [-0.25, -0.2) is 4.79 Å². The van der Waals surface area contributed by atoms with Crippen LogP contribution >= 0.6 is 11.8 Å². The largest absolute Gasteiger partial charge is 0.496 e. The van der Waals surface area contributed by atoms with Crippen molar-refractivity contribution in [2.75, 3.05) is 14.2 Å². The lowest BCUT2D eigenvalue weighted by Crippen LogP contribution is -2.25. The SMILES string of the molecule is C=CC1=C(C(=O)OC)SC2NC=CC(OC)=C12. The number of esters is 1. The number of rotatable bonds is 3. The number of fused-ring (bicyclic) bond motifs is 1. The van der Waals surface area contributed by atoms with E-state index in [1.165, 1.54) is 18.9 Å². The average Bonchev–Trinajstić information content (AvgIpc) is 2.75. The van der Waals surface area contributed by atoms with Crippen molar-refractivity contribution in [3.63, 3.8) is 0 Å². The number of hydrogen-bond acceptors (Lipinski definition) is 5. The topological polar surface area (TPSA) is 47.6 Å². The van der Waals surface area contributed by atoms with Crippen LogP contribution in [0.3, 0.4) is 0 Å². The predicted molar refractivity (Wildman–Crippen MR) is 66.9 cm³/mol. The van der Waals surface area contributed by atoms with Gasteiger partial charge >= 0.3 is 5.97 Å². The first-order valence-corrected chi connectivity index (χ1v) is 5.93. The molecule has 4 nitrogen and oxygen atoms in total. The molecule has 5 heteroatoms. The number of carbonyl (C=O) groups is 1. The summed E-state index contributed by atoms with van der Waals surface area (Å²) in [4.78, 5) is 12.2. The fourth-order valence-electron chi connectivity index (χ4n) is 1.82. The van der Waals surface area contributed by atoms with Gasteiger partial charge in [-0.3, -0.25) is 0 Å². The van der Waals surface area contributed by atoms with E-state index in [0.29, 0.717) is 4.91 Å². The third-order valence-corrected chi connectivity index (χ3v) is 3.81. The molecule has 2 aliphatic heterocycles. The summed E-state index contributed by atoms with van der Waals surface area (Å²) >= 11 is 1.41. The molecule has 0 aromatic rings. The van der Waals surface area contributed by atoms with Gasteiger partial charge in [-0.15, -0.1) is 0 Å². The van der Waals surface area contributed by atoms with Crippen LogP contribution in [0.2, 0.25) is 0 Å². The van der Waals surface area contributed by atoms with E-state index >= 15 is 0 Å². The minimum atomic E-state index is -0.343. The Morgan fingerprint density at radius 1 is 1.59 bits per heavy atom. The molecule has 0 aliphatic carbocycles. The van der Waals surface area contributed by atoms with E-state index in [1.807, 2.05) is 6.08 Å². The molecule has 2 aliphatic rings. The lowest BCUT2D eigenvalue weighted by molar-refractivity contribution is -0.135. The summed E-state index contributed by atoms with van der Waals surface area (Å²) in [5.41, 5.74) is 1.72. The second-order valence-electron chi connectivity index (χ2n) is 3.42. The molecule has 0 fully saturated rings. The maximum Gasteiger partial charge on any atom is 0.345 e. The summed E-state index contributed by atoms with van der Waals surface area (Å²) in [6, 6.07) is 0. The van der Waals surface area contributed by atoms with Crippen LogP contribution < -0.4 is 5.32 Å². The predicted octanol–water partition coefficient (Wildman–Crippen LogP) is 1.69. The van der Waals surface area contributed by atoms with Gasteiger partial charge in [0.2, 0.25) is 0 Å². The normalized spacial score (nSPS) is 22.1. The first kappa shape index (κ1) is 11.9. The Labute approximate surface area is 104 Å². The van der Waals surface area contributed by atoms with Gasteiger partial charge < -0.3 is 14.8 Å². The quantitative estimate of drug-likeness (QED) is 0.773. The zero-order valence-corrected chi connectivity index (χ0v) is 10.5. The highest BCUT2D eigenvalue weighted by Crippen LogP contribution is 2.44. The molecule has 0 aromatic carbocycles. The number of hydrogen-bond donors (Lipinski definition) is 1. The maximum absolute atomic E-state index is 11.7.